The normalized spacial score (nSPS) is 11.5. The molecule has 2 amide bonds. The van der Waals surface area contributed by atoms with Gasteiger partial charge in [0.15, 0.2) is 0 Å². The number of anilines is 3. The second-order valence-corrected chi connectivity index (χ2v) is 11.4. The Kier molecular flexibility index (Phi) is 10.2. The number of carbonyl (C=O) groups excluding carboxylic acids is 2. The summed E-state index contributed by atoms with van der Waals surface area (Å²) in [5.74, 6) is -2.38. The van der Waals surface area contributed by atoms with Crippen molar-refractivity contribution in [2.75, 3.05) is 10.2 Å². The minimum atomic E-state index is -1.48. The van der Waals surface area contributed by atoms with Crippen LogP contribution in [-0.4, -0.2) is 28.1 Å². The van der Waals surface area contributed by atoms with Crippen molar-refractivity contribution in [3.63, 3.8) is 0 Å². The highest BCUT2D eigenvalue weighted by molar-refractivity contribution is 8.00. The average Bonchev–Trinajstić information content (AvgIpc) is 2.98. The van der Waals surface area contributed by atoms with Gasteiger partial charge in [-0.1, -0.05) is 89.7 Å². The second-order valence-electron chi connectivity index (χ2n) is 8.65. The van der Waals surface area contributed by atoms with Crippen LogP contribution in [0.2, 0.25) is 20.1 Å². The van der Waals surface area contributed by atoms with Crippen molar-refractivity contribution in [2.45, 2.75) is 23.5 Å². The van der Waals surface area contributed by atoms with Crippen molar-refractivity contribution < 1.29 is 19.5 Å². The van der Waals surface area contributed by atoms with Gasteiger partial charge in [0, 0.05) is 22.0 Å². The van der Waals surface area contributed by atoms with Crippen molar-refractivity contribution in [2.24, 2.45) is 0 Å². The van der Waals surface area contributed by atoms with Crippen LogP contribution in [0.5, 0.6) is 0 Å². The van der Waals surface area contributed by atoms with Crippen LogP contribution in [-0.2, 0) is 4.79 Å². The summed E-state index contributed by atoms with van der Waals surface area (Å²) >= 11 is 25.7. The minimum Gasteiger partial charge on any atom is -0.478 e. The summed E-state index contributed by atoms with van der Waals surface area (Å²) in [6, 6.07) is 25.7. The molecule has 0 saturated carbocycles. The predicted octanol–water partition coefficient (Wildman–Crippen LogP) is 9.49. The Morgan fingerprint density at radius 3 is 1.71 bits per heavy atom. The first-order chi connectivity index (χ1) is 19.6. The molecule has 0 fully saturated rings. The summed E-state index contributed by atoms with van der Waals surface area (Å²) in [5, 5.41) is 10.6. The molecule has 6 nitrogen and oxygen atoms in total. The van der Waals surface area contributed by atoms with E-state index in [1.165, 1.54) is 11.8 Å². The predicted molar refractivity (Wildman–Crippen MR) is 168 cm³/mol. The first kappa shape index (κ1) is 30.8. The zero-order valence-corrected chi connectivity index (χ0v) is 25.2. The number of hydrogen-bond donors (Lipinski definition) is 2. The molecule has 4 rings (SSSR count). The number of benzene rings is 4. The lowest BCUT2D eigenvalue weighted by atomic mass is 10.1. The lowest BCUT2D eigenvalue weighted by Gasteiger charge is -2.27. The van der Waals surface area contributed by atoms with Gasteiger partial charge in [-0.05, 0) is 55.0 Å². The van der Waals surface area contributed by atoms with Gasteiger partial charge in [0.25, 0.3) is 5.91 Å². The molecule has 0 heterocycles. The van der Waals surface area contributed by atoms with Crippen LogP contribution in [0.4, 0.5) is 17.1 Å². The molecule has 0 radical (unpaired) electrons. The van der Waals surface area contributed by atoms with Crippen molar-refractivity contribution in [3.05, 3.63) is 116 Å². The fourth-order valence-corrected chi connectivity index (χ4v) is 6.04. The minimum absolute atomic E-state index is 0.0698. The van der Waals surface area contributed by atoms with Gasteiger partial charge in [0.1, 0.15) is 0 Å². The monoisotopic (exact) mass is 646 g/mol. The number of carboxylic acid groups (broad SMARTS) is 1. The Morgan fingerprint density at radius 2 is 1.24 bits per heavy atom. The number of hydrogen-bond acceptors (Lipinski definition) is 4. The fourth-order valence-electron chi connectivity index (χ4n) is 4.03. The Balaban J connectivity index is 1.55. The molecular weight excluding hydrogens is 626 g/mol. The van der Waals surface area contributed by atoms with E-state index >= 15 is 0 Å². The zero-order chi connectivity index (χ0) is 29.7. The van der Waals surface area contributed by atoms with E-state index in [2.05, 4.69) is 5.32 Å². The number of rotatable bonds is 9. The van der Waals surface area contributed by atoms with Gasteiger partial charge in [0.05, 0.1) is 36.5 Å². The Labute approximate surface area is 261 Å². The van der Waals surface area contributed by atoms with Crippen LogP contribution in [0.25, 0.3) is 0 Å². The maximum absolute atomic E-state index is 13.8. The van der Waals surface area contributed by atoms with Crippen LogP contribution >= 0.6 is 58.2 Å². The first-order valence-corrected chi connectivity index (χ1v) is 14.6. The Morgan fingerprint density at radius 1 is 0.756 bits per heavy atom. The molecule has 2 N–H and O–H groups in total. The summed E-state index contributed by atoms with van der Waals surface area (Å²) in [5.41, 5.74) is 0.936. The maximum Gasteiger partial charge on any atom is 0.338 e. The molecule has 0 saturated heterocycles. The van der Waals surface area contributed by atoms with Crippen molar-refractivity contribution >= 4 is 93.0 Å². The zero-order valence-electron chi connectivity index (χ0n) is 21.4. The number of carboxylic acids is 1. The van der Waals surface area contributed by atoms with Crippen LogP contribution < -0.4 is 10.2 Å². The van der Waals surface area contributed by atoms with E-state index in [-0.39, 0.29) is 26.0 Å². The number of thioether (sulfide) groups is 1. The molecule has 4 aromatic carbocycles. The molecule has 0 aliphatic carbocycles. The number of para-hydroxylation sites is 2. The number of nitrogens with one attached hydrogen (secondary N) is 1. The first-order valence-electron chi connectivity index (χ1n) is 12.2. The summed E-state index contributed by atoms with van der Waals surface area (Å²) in [7, 11) is 0. The SMILES string of the molecule is CCC(Sc1ccc(NC(=O)c2c(Cl)c(Cl)c(Cl)c(Cl)c2C(=O)O)cc1)C(=O)N(c1ccccc1)c1ccccc1. The quantitative estimate of drug-likeness (QED) is 0.107. The molecule has 1 unspecified atom stereocenters. The molecule has 0 aliphatic rings. The summed E-state index contributed by atoms with van der Waals surface area (Å²) in [6.45, 7) is 1.95. The fraction of sp³-hybridized carbons (Fsp3) is 0.100. The van der Waals surface area contributed by atoms with Gasteiger partial charge in [-0.25, -0.2) is 4.79 Å². The van der Waals surface area contributed by atoms with E-state index < -0.39 is 28.3 Å². The molecule has 0 bridgehead atoms. The highest BCUT2D eigenvalue weighted by atomic mass is 35.5. The number of carbonyl (C=O) groups is 3. The highest BCUT2D eigenvalue weighted by Crippen LogP contribution is 2.42. The molecule has 0 spiro atoms. The number of halogens is 4. The van der Waals surface area contributed by atoms with E-state index in [9.17, 15) is 19.5 Å². The molecule has 1 atom stereocenters. The number of nitrogens with zero attached hydrogens (tertiary/aromatic N) is 1. The van der Waals surface area contributed by atoms with E-state index in [4.69, 9.17) is 46.4 Å². The molecule has 0 aromatic heterocycles. The third kappa shape index (κ3) is 6.83. The van der Waals surface area contributed by atoms with Crippen molar-refractivity contribution in [3.8, 4) is 0 Å². The molecule has 11 heteroatoms. The summed E-state index contributed by atoms with van der Waals surface area (Å²) in [6.07, 6.45) is 0.576. The van der Waals surface area contributed by atoms with Gasteiger partial charge >= 0.3 is 5.97 Å². The van der Waals surface area contributed by atoms with E-state index in [0.29, 0.717) is 12.1 Å². The average molecular weight is 648 g/mol. The lowest BCUT2D eigenvalue weighted by Crippen LogP contribution is -2.34. The maximum atomic E-state index is 13.8. The van der Waals surface area contributed by atoms with Crippen LogP contribution in [0.3, 0.4) is 0 Å². The van der Waals surface area contributed by atoms with Gasteiger partial charge in [-0.3, -0.25) is 14.5 Å². The second kappa shape index (κ2) is 13.6. The number of aromatic carboxylic acids is 1. The van der Waals surface area contributed by atoms with E-state index in [1.54, 1.807) is 29.2 Å². The smallest absolute Gasteiger partial charge is 0.338 e. The third-order valence-corrected chi connectivity index (χ3v) is 9.16. The summed E-state index contributed by atoms with van der Waals surface area (Å²) < 4.78 is 0. The Bertz CT molecular complexity index is 1550. The van der Waals surface area contributed by atoms with E-state index in [1.807, 2.05) is 67.6 Å². The molecular formula is C30H22Cl4N2O4S. The molecule has 210 valence electrons. The molecule has 4 aromatic rings. The largest absolute Gasteiger partial charge is 0.478 e. The van der Waals surface area contributed by atoms with Gasteiger partial charge in [-0.2, -0.15) is 0 Å². The standard InChI is InChI=1S/C30H22Cl4N2O4S/c1-2-21(29(38)36(18-9-5-3-6-10-18)19-11-7-4-8-12-19)41-20-15-13-17(14-16-20)35-28(37)22-23(30(39)40)25(32)27(34)26(33)24(22)31/h3-16,21H,2H2,1H3,(H,35,37)(H,39,40). The lowest BCUT2D eigenvalue weighted by molar-refractivity contribution is -0.117. The Hall–Kier alpha value is -3.20. The van der Waals surface area contributed by atoms with Crippen LogP contribution in [0.15, 0.2) is 89.8 Å². The topological polar surface area (TPSA) is 86.7 Å². The van der Waals surface area contributed by atoms with Crippen molar-refractivity contribution in [1.82, 2.24) is 0 Å². The summed E-state index contributed by atoms with van der Waals surface area (Å²) in [4.78, 5) is 41.2. The molecule has 41 heavy (non-hydrogen) atoms. The van der Waals surface area contributed by atoms with E-state index in [0.717, 1.165) is 16.3 Å². The van der Waals surface area contributed by atoms with Gasteiger partial charge in [0.2, 0.25) is 5.91 Å². The van der Waals surface area contributed by atoms with Gasteiger partial charge in [-0.15, -0.1) is 11.8 Å². The van der Waals surface area contributed by atoms with Gasteiger partial charge < -0.3 is 10.4 Å². The van der Waals surface area contributed by atoms with Crippen LogP contribution in [0.1, 0.15) is 34.1 Å². The van der Waals surface area contributed by atoms with Crippen LogP contribution in [0, 0.1) is 0 Å². The number of amides is 2. The third-order valence-electron chi connectivity index (χ3n) is 5.99. The van der Waals surface area contributed by atoms with Crippen molar-refractivity contribution in [1.29, 1.82) is 0 Å². The highest BCUT2D eigenvalue weighted by Gasteiger charge is 2.29. The molecule has 0 aliphatic heterocycles.